The molecule has 2 rings (SSSR count). The standard InChI is InChI=1S/C17H22N2O2/c1-14(2)18-12-7-13-19(17(18)21)16(20)11-6-10-15-8-4-3-5-9-15/h3-6,8-9,11,14H,7,10,12-13H2,1-2H3/b11-6+. The van der Waals surface area contributed by atoms with Crippen molar-refractivity contribution in [2.24, 2.45) is 0 Å². The van der Waals surface area contributed by atoms with Crippen LogP contribution in [0.1, 0.15) is 25.8 Å². The summed E-state index contributed by atoms with van der Waals surface area (Å²) in [7, 11) is 0. The fraction of sp³-hybridized carbons (Fsp3) is 0.412. The predicted octanol–water partition coefficient (Wildman–Crippen LogP) is 2.85. The van der Waals surface area contributed by atoms with E-state index in [1.54, 1.807) is 4.90 Å². The minimum atomic E-state index is -0.221. The zero-order valence-electron chi connectivity index (χ0n) is 12.7. The van der Waals surface area contributed by atoms with Gasteiger partial charge in [-0.25, -0.2) is 4.79 Å². The molecule has 1 aliphatic heterocycles. The van der Waals surface area contributed by atoms with E-state index in [1.165, 1.54) is 11.0 Å². The lowest BCUT2D eigenvalue weighted by Crippen LogP contribution is -2.53. The lowest BCUT2D eigenvalue weighted by Gasteiger charge is -2.36. The van der Waals surface area contributed by atoms with Crippen molar-refractivity contribution in [1.29, 1.82) is 0 Å². The number of rotatable bonds is 4. The van der Waals surface area contributed by atoms with Gasteiger partial charge in [0.1, 0.15) is 0 Å². The molecular weight excluding hydrogens is 264 g/mol. The zero-order valence-corrected chi connectivity index (χ0v) is 12.7. The number of hydrogen-bond acceptors (Lipinski definition) is 2. The first-order valence-electron chi connectivity index (χ1n) is 7.42. The van der Waals surface area contributed by atoms with Gasteiger partial charge in [-0.3, -0.25) is 9.69 Å². The Balaban J connectivity index is 1.95. The Morgan fingerprint density at radius 1 is 1.24 bits per heavy atom. The second-order valence-electron chi connectivity index (χ2n) is 5.51. The molecule has 1 heterocycles. The number of urea groups is 1. The van der Waals surface area contributed by atoms with Crippen LogP contribution in [0, 0.1) is 0 Å². The van der Waals surface area contributed by atoms with Gasteiger partial charge in [-0.15, -0.1) is 0 Å². The molecule has 0 spiro atoms. The topological polar surface area (TPSA) is 40.6 Å². The largest absolute Gasteiger partial charge is 0.327 e. The Bertz CT molecular complexity index is 523. The number of nitrogens with zero attached hydrogens (tertiary/aromatic N) is 2. The molecule has 0 saturated carbocycles. The molecule has 21 heavy (non-hydrogen) atoms. The van der Waals surface area contributed by atoms with Gasteiger partial charge in [0, 0.05) is 19.1 Å². The van der Waals surface area contributed by atoms with Crippen molar-refractivity contribution in [3.8, 4) is 0 Å². The number of amides is 3. The molecule has 0 bridgehead atoms. The van der Waals surface area contributed by atoms with E-state index in [9.17, 15) is 9.59 Å². The Labute approximate surface area is 126 Å². The molecule has 0 unspecified atom stereocenters. The van der Waals surface area contributed by atoms with E-state index in [0.717, 1.165) is 18.5 Å². The summed E-state index contributed by atoms with van der Waals surface area (Å²) >= 11 is 0. The van der Waals surface area contributed by atoms with E-state index < -0.39 is 0 Å². The van der Waals surface area contributed by atoms with Crippen LogP contribution in [0.25, 0.3) is 0 Å². The second-order valence-corrected chi connectivity index (χ2v) is 5.51. The third-order valence-corrected chi connectivity index (χ3v) is 3.60. The summed E-state index contributed by atoms with van der Waals surface area (Å²) in [6.45, 7) is 5.18. The Morgan fingerprint density at radius 2 is 1.95 bits per heavy atom. The highest BCUT2D eigenvalue weighted by Gasteiger charge is 2.30. The van der Waals surface area contributed by atoms with Gasteiger partial charge >= 0.3 is 6.03 Å². The second kappa shape index (κ2) is 7.07. The molecule has 4 heteroatoms. The smallest absolute Gasteiger partial charge is 0.322 e. The maximum atomic E-state index is 12.2. The first-order chi connectivity index (χ1) is 10.1. The summed E-state index contributed by atoms with van der Waals surface area (Å²) in [5, 5.41) is 0. The fourth-order valence-electron chi connectivity index (χ4n) is 2.43. The van der Waals surface area contributed by atoms with Crippen molar-refractivity contribution in [2.45, 2.75) is 32.7 Å². The Kier molecular flexibility index (Phi) is 5.14. The molecule has 4 nitrogen and oxygen atoms in total. The van der Waals surface area contributed by atoms with Crippen LogP contribution in [0.2, 0.25) is 0 Å². The van der Waals surface area contributed by atoms with Crippen LogP contribution in [0.4, 0.5) is 4.79 Å². The quantitative estimate of drug-likeness (QED) is 0.799. The third kappa shape index (κ3) is 3.94. The molecule has 1 aromatic carbocycles. The molecule has 0 aliphatic carbocycles. The molecular formula is C17H22N2O2. The average Bonchev–Trinajstić information content (AvgIpc) is 2.48. The molecule has 1 saturated heterocycles. The van der Waals surface area contributed by atoms with Crippen LogP contribution in [-0.2, 0) is 11.2 Å². The normalized spacial score (nSPS) is 16.0. The molecule has 3 amide bonds. The summed E-state index contributed by atoms with van der Waals surface area (Å²) in [5.74, 6) is -0.221. The van der Waals surface area contributed by atoms with E-state index in [-0.39, 0.29) is 18.0 Å². The minimum absolute atomic E-state index is 0.126. The summed E-state index contributed by atoms with van der Waals surface area (Å²) in [6, 6.07) is 9.89. The maximum absolute atomic E-state index is 12.2. The molecule has 112 valence electrons. The average molecular weight is 286 g/mol. The van der Waals surface area contributed by atoms with E-state index in [1.807, 2.05) is 50.3 Å². The van der Waals surface area contributed by atoms with Crippen LogP contribution < -0.4 is 0 Å². The summed E-state index contributed by atoms with van der Waals surface area (Å²) in [5.41, 5.74) is 1.15. The predicted molar refractivity (Wildman–Crippen MR) is 82.9 cm³/mol. The van der Waals surface area contributed by atoms with Crippen LogP contribution >= 0.6 is 0 Å². The van der Waals surface area contributed by atoms with Crippen molar-refractivity contribution in [3.05, 3.63) is 48.0 Å². The van der Waals surface area contributed by atoms with Crippen LogP contribution in [0.3, 0.4) is 0 Å². The highest BCUT2D eigenvalue weighted by Crippen LogP contribution is 2.13. The van der Waals surface area contributed by atoms with Gasteiger partial charge in [0.25, 0.3) is 5.91 Å². The van der Waals surface area contributed by atoms with Crippen molar-refractivity contribution in [1.82, 2.24) is 9.80 Å². The third-order valence-electron chi connectivity index (χ3n) is 3.60. The van der Waals surface area contributed by atoms with Gasteiger partial charge in [0.05, 0.1) is 0 Å². The van der Waals surface area contributed by atoms with E-state index >= 15 is 0 Å². The van der Waals surface area contributed by atoms with Gasteiger partial charge in [0.2, 0.25) is 0 Å². The van der Waals surface area contributed by atoms with Gasteiger partial charge in [-0.05, 0) is 38.3 Å². The highest BCUT2D eigenvalue weighted by atomic mass is 16.2. The molecule has 1 fully saturated rings. The van der Waals surface area contributed by atoms with E-state index in [2.05, 4.69) is 0 Å². The SMILES string of the molecule is CC(C)N1CCCN(C(=O)/C=C/Cc2ccccc2)C1=O. The number of benzene rings is 1. The highest BCUT2D eigenvalue weighted by molar-refractivity contribution is 6.00. The number of imide groups is 1. The molecule has 0 N–H and O–H groups in total. The Morgan fingerprint density at radius 3 is 2.62 bits per heavy atom. The molecule has 0 atom stereocenters. The van der Waals surface area contributed by atoms with Crippen LogP contribution in [0.15, 0.2) is 42.5 Å². The van der Waals surface area contributed by atoms with Crippen LogP contribution in [0.5, 0.6) is 0 Å². The number of allylic oxidation sites excluding steroid dienone is 1. The van der Waals surface area contributed by atoms with Crippen LogP contribution in [-0.4, -0.2) is 40.9 Å². The maximum Gasteiger partial charge on any atom is 0.327 e. The van der Waals surface area contributed by atoms with Crippen molar-refractivity contribution in [3.63, 3.8) is 0 Å². The number of carbonyl (C=O) groups excluding carboxylic acids is 2. The molecule has 1 aliphatic rings. The van der Waals surface area contributed by atoms with Crippen molar-refractivity contribution in [2.75, 3.05) is 13.1 Å². The molecule has 1 aromatic rings. The summed E-state index contributed by atoms with van der Waals surface area (Å²) in [4.78, 5) is 27.5. The number of carbonyl (C=O) groups is 2. The lowest BCUT2D eigenvalue weighted by molar-refractivity contribution is -0.124. The molecule has 0 radical (unpaired) electrons. The van der Waals surface area contributed by atoms with Gasteiger partial charge in [-0.2, -0.15) is 0 Å². The first kappa shape index (κ1) is 15.3. The monoisotopic (exact) mass is 286 g/mol. The number of hydrogen-bond donors (Lipinski definition) is 0. The van der Waals surface area contributed by atoms with Crippen molar-refractivity contribution >= 4 is 11.9 Å². The fourth-order valence-corrected chi connectivity index (χ4v) is 2.43. The van der Waals surface area contributed by atoms with E-state index in [4.69, 9.17) is 0 Å². The zero-order chi connectivity index (χ0) is 15.2. The summed E-state index contributed by atoms with van der Waals surface area (Å²) in [6.07, 6.45) is 4.86. The van der Waals surface area contributed by atoms with E-state index in [0.29, 0.717) is 13.0 Å². The first-order valence-corrected chi connectivity index (χ1v) is 7.42. The molecule has 0 aromatic heterocycles. The van der Waals surface area contributed by atoms with Gasteiger partial charge in [-0.1, -0.05) is 36.4 Å². The lowest BCUT2D eigenvalue weighted by atomic mass is 10.1. The Hall–Kier alpha value is -2.10. The summed E-state index contributed by atoms with van der Waals surface area (Å²) < 4.78 is 0. The van der Waals surface area contributed by atoms with Crippen molar-refractivity contribution < 1.29 is 9.59 Å². The minimum Gasteiger partial charge on any atom is -0.322 e. The van der Waals surface area contributed by atoms with Gasteiger partial charge in [0.15, 0.2) is 0 Å². The van der Waals surface area contributed by atoms with Gasteiger partial charge < -0.3 is 4.90 Å².